The van der Waals surface area contributed by atoms with Crippen LogP contribution < -0.4 is 0 Å². The Morgan fingerprint density at radius 3 is 3.29 bits per heavy atom. The van der Waals surface area contributed by atoms with Gasteiger partial charge in [0.25, 0.3) is 0 Å². The van der Waals surface area contributed by atoms with Crippen molar-refractivity contribution < 1.29 is 5.11 Å². The summed E-state index contributed by atoms with van der Waals surface area (Å²) < 4.78 is 2.26. The molecule has 0 spiro atoms. The normalized spacial score (nSPS) is 19.2. The first kappa shape index (κ1) is 10.6. The number of H-pyrrole nitrogens is 1. The van der Waals surface area contributed by atoms with Gasteiger partial charge in [-0.25, -0.2) is 4.98 Å². The number of aliphatic hydroxyl groups excluding tert-OH is 1. The molecule has 1 aliphatic rings. The van der Waals surface area contributed by atoms with Crippen molar-refractivity contribution in [2.45, 2.75) is 38.3 Å². The van der Waals surface area contributed by atoms with Crippen molar-refractivity contribution in [3.63, 3.8) is 0 Å². The molecule has 0 saturated carbocycles. The van der Waals surface area contributed by atoms with Crippen LogP contribution in [0, 0.1) is 0 Å². The van der Waals surface area contributed by atoms with Gasteiger partial charge in [0.05, 0.1) is 12.4 Å². The minimum Gasteiger partial charge on any atom is -0.388 e. The van der Waals surface area contributed by atoms with Gasteiger partial charge in [0, 0.05) is 42.3 Å². The van der Waals surface area contributed by atoms with Crippen LogP contribution in [0.1, 0.15) is 35.9 Å². The van der Waals surface area contributed by atoms with Gasteiger partial charge in [0.15, 0.2) is 0 Å². The third-order valence-corrected chi connectivity index (χ3v) is 3.54. The van der Waals surface area contributed by atoms with Crippen LogP contribution in [0.4, 0.5) is 0 Å². The number of fused-ring (bicyclic) bond motifs is 1. The number of aliphatic hydroxyl groups is 1. The van der Waals surface area contributed by atoms with Crippen LogP contribution in [0.3, 0.4) is 0 Å². The van der Waals surface area contributed by atoms with E-state index < -0.39 is 0 Å². The average Bonchev–Trinajstić information content (AvgIpc) is 2.95. The summed E-state index contributed by atoms with van der Waals surface area (Å²) in [6.07, 6.45) is 9.44. The molecule has 4 nitrogen and oxygen atoms in total. The SMILES string of the molecule is OC1CCCc2c1ccn2CCc1cnc[nH]1. The van der Waals surface area contributed by atoms with Gasteiger partial charge in [-0.1, -0.05) is 0 Å². The van der Waals surface area contributed by atoms with Crippen LogP contribution in [0.25, 0.3) is 0 Å². The Labute approximate surface area is 100 Å². The molecule has 1 atom stereocenters. The van der Waals surface area contributed by atoms with E-state index in [-0.39, 0.29) is 6.10 Å². The van der Waals surface area contributed by atoms with Crippen LogP contribution >= 0.6 is 0 Å². The van der Waals surface area contributed by atoms with Crippen molar-refractivity contribution in [2.75, 3.05) is 0 Å². The van der Waals surface area contributed by atoms with E-state index in [1.165, 1.54) is 5.69 Å². The Morgan fingerprint density at radius 1 is 1.53 bits per heavy atom. The highest BCUT2D eigenvalue weighted by molar-refractivity contribution is 5.27. The van der Waals surface area contributed by atoms with Gasteiger partial charge in [-0.3, -0.25) is 0 Å². The smallest absolute Gasteiger partial charge is 0.0921 e. The quantitative estimate of drug-likeness (QED) is 0.846. The summed E-state index contributed by atoms with van der Waals surface area (Å²) >= 11 is 0. The minimum atomic E-state index is -0.257. The third kappa shape index (κ3) is 2.00. The van der Waals surface area contributed by atoms with E-state index in [4.69, 9.17) is 0 Å². The number of aromatic nitrogens is 3. The van der Waals surface area contributed by atoms with Crippen LogP contribution in [-0.2, 0) is 19.4 Å². The number of nitrogens with one attached hydrogen (secondary N) is 1. The molecule has 17 heavy (non-hydrogen) atoms. The lowest BCUT2D eigenvalue weighted by atomic mass is 9.95. The molecule has 2 N–H and O–H groups in total. The zero-order valence-electron chi connectivity index (χ0n) is 9.76. The standard InChI is InChI=1S/C13H17N3O/c17-13-3-1-2-12-11(13)5-7-16(12)6-4-10-8-14-9-15-10/h5,7-9,13,17H,1-4,6H2,(H,14,15). The van der Waals surface area contributed by atoms with Gasteiger partial charge < -0.3 is 14.7 Å². The Bertz CT molecular complexity index is 487. The maximum absolute atomic E-state index is 9.90. The second-order valence-corrected chi connectivity index (χ2v) is 4.65. The molecule has 0 saturated heterocycles. The zero-order chi connectivity index (χ0) is 11.7. The van der Waals surface area contributed by atoms with E-state index >= 15 is 0 Å². The van der Waals surface area contributed by atoms with Crippen LogP contribution in [-0.4, -0.2) is 19.6 Å². The first-order valence-corrected chi connectivity index (χ1v) is 6.18. The molecule has 2 aromatic rings. The summed E-state index contributed by atoms with van der Waals surface area (Å²) in [5.74, 6) is 0. The van der Waals surface area contributed by atoms with Crippen LogP contribution in [0.2, 0.25) is 0 Å². The number of aromatic amines is 1. The number of aryl methyl sites for hydroxylation is 2. The first-order chi connectivity index (χ1) is 8.34. The van der Waals surface area contributed by atoms with Gasteiger partial charge in [0.2, 0.25) is 0 Å². The fourth-order valence-electron chi connectivity index (χ4n) is 2.60. The topological polar surface area (TPSA) is 53.8 Å². The number of nitrogens with zero attached hydrogens (tertiary/aromatic N) is 2. The molecule has 3 rings (SSSR count). The van der Waals surface area contributed by atoms with Crippen molar-refractivity contribution in [2.24, 2.45) is 0 Å². The molecular formula is C13H17N3O. The average molecular weight is 231 g/mol. The monoisotopic (exact) mass is 231 g/mol. The van der Waals surface area contributed by atoms with E-state index in [0.29, 0.717) is 0 Å². The van der Waals surface area contributed by atoms with E-state index in [2.05, 4.69) is 26.8 Å². The summed E-state index contributed by atoms with van der Waals surface area (Å²) in [5.41, 5.74) is 3.59. The first-order valence-electron chi connectivity index (χ1n) is 6.18. The molecule has 1 aliphatic carbocycles. The Hall–Kier alpha value is -1.55. The lowest BCUT2D eigenvalue weighted by Gasteiger charge is -2.20. The predicted octanol–water partition coefficient (Wildman–Crippen LogP) is 1.82. The number of hydrogen-bond donors (Lipinski definition) is 2. The maximum Gasteiger partial charge on any atom is 0.0921 e. The highest BCUT2D eigenvalue weighted by atomic mass is 16.3. The minimum absolute atomic E-state index is 0.257. The largest absolute Gasteiger partial charge is 0.388 e. The highest BCUT2D eigenvalue weighted by Crippen LogP contribution is 2.30. The second kappa shape index (κ2) is 4.37. The van der Waals surface area contributed by atoms with Crippen molar-refractivity contribution in [3.8, 4) is 0 Å². The van der Waals surface area contributed by atoms with E-state index in [1.54, 1.807) is 6.33 Å². The molecule has 0 amide bonds. The Kier molecular flexibility index (Phi) is 2.73. The van der Waals surface area contributed by atoms with Gasteiger partial charge in [0.1, 0.15) is 0 Å². The molecule has 2 aromatic heterocycles. The summed E-state index contributed by atoms with van der Waals surface area (Å²) in [6.45, 7) is 0.949. The summed E-state index contributed by atoms with van der Waals surface area (Å²) in [7, 11) is 0. The number of imidazole rings is 1. The summed E-state index contributed by atoms with van der Waals surface area (Å²) in [5, 5.41) is 9.90. The molecule has 2 heterocycles. The molecule has 0 fully saturated rings. The van der Waals surface area contributed by atoms with Crippen molar-refractivity contribution in [3.05, 3.63) is 41.7 Å². The molecule has 0 bridgehead atoms. The summed E-state index contributed by atoms with van der Waals surface area (Å²) in [6, 6.07) is 2.06. The van der Waals surface area contributed by atoms with Crippen molar-refractivity contribution in [1.29, 1.82) is 0 Å². The molecule has 4 heteroatoms. The van der Waals surface area contributed by atoms with Crippen molar-refractivity contribution in [1.82, 2.24) is 14.5 Å². The van der Waals surface area contributed by atoms with Gasteiger partial charge in [-0.2, -0.15) is 0 Å². The van der Waals surface area contributed by atoms with E-state index in [0.717, 1.165) is 43.5 Å². The predicted molar refractivity (Wildman–Crippen MR) is 64.6 cm³/mol. The molecule has 90 valence electrons. The second-order valence-electron chi connectivity index (χ2n) is 4.65. The van der Waals surface area contributed by atoms with Gasteiger partial charge in [-0.05, 0) is 25.3 Å². The lowest BCUT2D eigenvalue weighted by Crippen LogP contribution is -2.12. The van der Waals surface area contributed by atoms with Gasteiger partial charge >= 0.3 is 0 Å². The van der Waals surface area contributed by atoms with Crippen molar-refractivity contribution >= 4 is 0 Å². The molecule has 0 radical (unpaired) electrons. The molecular weight excluding hydrogens is 214 g/mol. The van der Waals surface area contributed by atoms with E-state index in [1.807, 2.05) is 6.20 Å². The molecule has 1 unspecified atom stereocenters. The fourth-order valence-corrected chi connectivity index (χ4v) is 2.60. The summed E-state index contributed by atoms with van der Waals surface area (Å²) in [4.78, 5) is 7.13. The highest BCUT2D eigenvalue weighted by Gasteiger charge is 2.20. The zero-order valence-corrected chi connectivity index (χ0v) is 9.76. The molecule has 0 aliphatic heterocycles. The fraction of sp³-hybridized carbons (Fsp3) is 0.462. The van der Waals surface area contributed by atoms with Crippen LogP contribution in [0.15, 0.2) is 24.8 Å². The Morgan fingerprint density at radius 2 is 2.47 bits per heavy atom. The van der Waals surface area contributed by atoms with Crippen LogP contribution in [0.5, 0.6) is 0 Å². The molecule has 0 aromatic carbocycles. The maximum atomic E-state index is 9.90. The Balaban J connectivity index is 1.75. The number of rotatable bonds is 3. The number of hydrogen-bond acceptors (Lipinski definition) is 2. The van der Waals surface area contributed by atoms with E-state index in [9.17, 15) is 5.11 Å². The third-order valence-electron chi connectivity index (χ3n) is 3.54. The lowest BCUT2D eigenvalue weighted by molar-refractivity contribution is 0.155. The van der Waals surface area contributed by atoms with Gasteiger partial charge in [-0.15, -0.1) is 0 Å².